The number of nitrogens with zero attached hydrogens (tertiary/aromatic N) is 3. The number of aromatic nitrogens is 3. The van der Waals surface area contributed by atoms with Gasteiger partial charge in [0.1, 0.15) is 17.1 Å². The molecule has 4 aromatic rings. The third-order valence-electron chi connectivity index (χ3n) is 7.63. The molecule has 1 atom stereocenters. The third-order valence-corrected chi connectivity index (χ3v) is 7.63. The summed E-state index contributed by atoms with van der Waals surface area (Å²) in [5.74, 6) is -0.427. The van der Waals surface area contributed by atoms with Crippen LogP contribution in [0.5, 0.6) is 5.75 Å². The smallest absolute Gasteiger partial charge is 0.435 e. The van der Waals surface area contributed by atoms with E-state index in [1.54, 1.807) is 67.1 Å². The van der Waals surface area contributed by atoms with E-state index in [2.05, 4.69) is 5.10 Å². The highest BCUT2D eigenvalue weighted by Crippen LogP contribution is 2.47. The van der Waals surface area contributed by atoms with Crippen LogP contribution in [-0.4, -0.2) is 26.7 Å². The highest BCUT2D eigenvalue weighted by Gasteiger charge is 2.39. The van der Waals surface area contributed by atoms with Crippen molar-refractivity contribution in [3.8, 4) is 16.9 Å². The highest BCUT2D eigenvalue weighted by atomic mass is 19.4. The zero-order valence-corrected chi connectivity index (χ0v) is 23.6. The average Bonchev–Trinajstić information content (AvgIpc) is 3.70. The molecule has 2 aromatic heterocycles. The largest absolute Gasteiger partial charge is 0.492 e. The van der Waals surface area contributed by atoms with Crippen molar-refractivity contribution in [3.63, 3.8) is 0 Å². The van der Waals surface area contributed by atoms with Gasteiger partial charge in [0.25, 0.3) is 0 Å². The van der Waals surface area contributed by atoms with E-state index >= 15 is 0 Å². The fourth-order valence-corrected chi connectivity index (χ4v) is 5.46. The molecule has 0 saturated heterocycles. The molecule has 0 amide bonds. The maximum Gasteiger partial charge on any atom is 0.435 e. The summed E-state index contributed by atoms with van der Waals surface area (Å²) < 4.78 is 65.0. The number of carbonyl (C=O) groups is 1. The van der Waals surface area contributed by atoms with E-state index in [4.69, 9.17) is 10.1 Å². The molecule has 1 saturated carbocycles. The Labute approximate surface area is 241 Å². The molecule has 0 unspecified atom stereocenters. The standard InChI is InChI=1S/C32H32F4N4O2/c1-4-42-30-24(26-18-39(3)38-31(26)32(34,35)36)14-20(17-40-12-6-5-7-29(40)37)15-25(30)28(41)16-23(21-8-9-21)22-10-11-27(33)19(2)13-22/h5-7,10-15,18,21,23,37H,4,8-9,16-17H2,1-3H3/t23-/m0/s1. The lowest BCUT2D eigenvalue weighted by molar-refractivity contribution is -0.140. The van der Waals surface area contributed by atoms with Crippen LogP contribution in [0.2, 0.25) is 0 Å². The van der Waals surface area contributed by atoms with E-state index in [1.165, 1.54) is 19.3 Å². The van der Waals surface area contributed by atoms with Gasteiger partial charge in [0.05, 0.1) is 12.2 Å². The van der Waals surface area contributed by atoms with Gasteiger partial charge in [0.2, 0.25) is 0 Å². The summed E-state index contributed by atoms with van der Waals surface area (Å²) in [4.78, 5) is 14.1. The van der Waals surface area contributed by atoms with Crippen LogP contribution in [0.15, 0.2) is 60.9 Å². The Bertz CT molecular complexity index is 1680. The van der Waals surface area contributed by atoms with Gasteiger partial charge in [-0.2, -0.15) is 18.3 Å². The number of benzene rings is 2. The van der Waals surface area contributed by atoms with Gasteiger partial charge in [-0.3, -0.25) is 14.9 Å². The Hall–Kier alpha value is -4.21. The summed E-state index contributed by atoms with van der Waals surface area (Å²) in [7, 11) is 1.41. The van der Waals surface area contributed by atoms with Crippen molar-refractivity contribution < 1.29 is 27.1 Å². The molecule has 42 heavy (non-hydrogen) atoms. The van der Waals surface area contributed by atoms with Crippen molar-refractivity contribution in [2.45, 2.75) is 51.7 Å². The van der Waals surface area contributed by atoms with Gasteiger partial charge >= 0.3 is 6.18 Å². The lowest BCUT2D eigenvalue weighted by Gasteiger charge is -2.21. The Morgan fingerprint density at radius 2 is 1.90 bits per heavy atom. The summed E-state index contributed by atoms with van der Waals surface area (Å²) in [6.07, 6.45) is 0.225. The number of ketones is 1. The van der Waals surface area contributed by atoms with Crippen molar-refractivity contribution in [1.82, 2.24) is 14.3 Å². The molecule has 0 aliphatic heterocycles. The van der Waals surface area contributed by atoms with Gasteiger partial charge in [-0.05, 0) is 85.5 Å². The SMILES string of the molecule is CCOc1c(C(=O)C[C@H](c2ccc(F)c(C)c2)C2CC2)cc(Cn2ccccc2=N)cc1-c1cn(C)nc1C(F)(F)F. The first kappa shape index (κ1) is 29.3. The van der Waals surface area contributed by atoms with Crippen molar-refractivity contribution in [3.05, 3.63) is 100 Å². The van der Waals surface area contributed by atoms with Crippen LogP contribution in [0.1, 0.15) is 64.8 Å². The van der Waals surface area contributed by atoms with Crippen molar-refractivity contribution in [2.24, 2.45) is 13.0 Å². The van der Waals surface area contributed by atoms with E-state index in [0.29, 0.717) is 11.1 Å². The molecule has 1 aliphatic carbocycles. The summed E-state index contributed by atoms with van der Waals surface area (Å²) in [5.41, 5.74) is 1.12. The minimum Gasteiger partial charge on any atom is -0.492 e. The van der Waals surface area contributed by atoms with Crippen LogP contribution in [0.3, 0.4) is 0 Å². The first-order valence-electron chi connectivity index (χ1n) is 13.9. The fraction of sp³-hybridized carbons (Fsp3) is 0.344. The second-order valence-corrected chi connectivity index (χ2v) is 10.8. The number of hydrogen-bond acceptors (Lipinski definition) is 4. The molecule has 1 N–H and O–H groups in total. The van der Waals surface area contributed by atoms with E-state index in [1.807, 2.05) is 0 Å². The van der Waals surface area contributed by atoms with Crippen molar-refractivity contribution in [2.75, 3.05) is 6.61 Å². The van der Waals surface area contributed by atoms with Gasteiger partial charge in [-0.25, -0.2) is 4.39 Å². The molecular weight excluding hydrogens is 548 g/mol. The second-order valence-electron chi connectivity index (χ2n) is 10.8. The van der Waals surface area contributed by atoms with E-state index in [0.717, 1.165) is 23.1 Å². The van der Waals surface area contributed by atoms with Gasteiger partial charge < -0.3 is 9.30 Å². The molecule has 220 valence electrons. The third kappa shape index (κ3) is 6.17. The molecule has 1 fully saturated rings. The zero-order chi connectivity index (χ0) is 30.2. The van der Waals surface area contributed by atoms with E-state index in [9.17, 15) is 22.4 Å². The number of ether oxygens (including phenoxy) is 1. The van der Waals surface area contributed by atoms with Gasteiger partial charge in [0, 0.05) is 43.5 Å². The first-order valence-corrected chi connectivity index (χ1v) is 13.9. The number of hydrogen-bond donors (Lipinski definition) is 1. The lowest BCUT2D eigenvalue weighted by Crippen LogP contribution is -2.19. The van der Waals surface area contributed by atoms with Gasteiger partial charge in [-0.15, -0.1) is 0 Å². The van der Waals surface area contributed by atoms with E-state index < -0.39 is 11.9 Å². The topological polar surface area (TPSA) is 72.9 Å². The Kier molecular flexibility index (Phi) is 8.08. The van der Waals surface area contributed by atoms with Gasteiger partial charge in [-0.1, -0.05) is 18.2 Å². The number of nitrogens with one attached hydrogen (secondary N) is 1. The second kappa shape index (κ2) is 11.6. The molecule has 2 aromatic carbocycles. The van der Waals surface area contributed by atoms with Crippen molar-refractivity contribution in [1.29, 1.82) is 5.41 Å². The molecule has 0 radical (unpaired) electrons. The Balaban J connectivity index is 1.66. The van der Waals surface area contributed by atoms with Crippen LogP contribution in [0.25, 0.3) is 11.1 Å². The Morgan fingerprint density at radius 1 is 1.14 bits per heavy atom. The predicted molar refractivity (Wildman–Crippen MR) is 150 cm³/mol. The molecule has 1 aliphatic rings. The molecule has 0 spiro atoms. The Morgan fingerprint density at radius 3 is 2.55 bits per heavy atom. The normalized spacial score (nSPS) is 14.2. The summed E-state index contributed by atoms with van der Waals surface area (Å²) in [6.45, 7) is 3.67. The number of pyridine rings is 1. The van der Waals surface area contributed by atoms with Crippen LogP contribution in [-0.2, 0) is 19.8 Å². The number of Topliss-reactive ketones (excluding diaryl/α,β-unsaturated/α-hetero) is 1. The van der Waals surface area contributed by atoms with E-state index in [-0.39, 0.29) is 70.9 Å². The molecule has 5 rings (SSSR count). The minimum absolute atomic E-state index is 0.0683. The summed E-state index contributed by atoms with van der Waals surface area (Å²) in [6, 6.07) is 13.2. The van der Waals surface area contributed by atoms with Crippen LogP contribution < -0.4 is 10.2 Å². The zero-order valence-electron chi connectivity index (χ0n) is 23.6. The first-order chi connectivity index (χ1) is 20.0. The number of alkyl halides is 3. The molecule has 0 bridgehead atoms. The monoisotopic (exact) mass is 580 g/mol. The van der Waals surface area contributed by atoms with Crippen LogP contribution >= 0.6 is 0 Å². The highest BCUT2D eigenvalue weighted by molar-refractivity contribution is 6.02. The molecular formula is C32H32F4N4O2. The van der Waals surface area contributed by atoms with Crippen LogP contribution in [0.4, 0.5) is 17.6 Å². The minimum atomic E-state index is -4.74. The van der Waals surface area contributed by atoms with Gasteiger partial charge in [0.15, 0.2) is 11.5 Å². The van der Waals surface area contributed by atoms with Crippen molar-refractivity contribution >= 4 is 5.78 Å². The molecule has 6 nitrogen and oxygen atoms in total. The fourth-order valence-electron chi connectivity index (χ4n) is 5.46. The quantitative estimate of drug-likeness (QED) is 0.161. The maximum atomic E-state index is 14.1. The van der Waals surface area contributed by atoms with Crippen LogP contribution in [0, 0.1) is 24.1 Å². The lowest BCUT2D eigenvalue weighted by atomic mass is 9.85. The number of halogens is 4. The summed E-state index contributed by atoms with van der Waals surface area (Å²) >= 11 is 0. The number of carbonyl (C=O) groups excluding carboxylic acids is 1. The number of rotatable bonds is 10. The summed E-state index contributed by atoms with van der Waals surface area (Å²) in [5, 5.41) is 11.9. The maximum absolute atomic E-state index is 14.1. The number of aryl methyl sites for hydroxylation is 2. The predicted octanol–water partition coefficient (Wildman–Crippen LogP) is 7.05. The molecule has 10 heteroatoms. The average molecular weight is 581 g/mol. The molecule has 2 heterocycles.